The minimum absolute atomic E-state index is 0.139. The Morgan fingerprint density at radius 1 is 1.00 bits per heavy atom. The molecule has 0 unspecified atom stereocenters. The second kappa shape index (κ2) is 11.9. The first-order valence-electron chi connectivity index (χ1n) is 10.8. The number of hydrogen-bond donors (Lipinski definition) is 1. The van der Waals surface area contributed by atoms with E-state index < -0.39 is 12.0 Å². The molecule has 0 radical (unpaired) electrons. The Labute approximate surface area is 185 Å². The molecule has 0 aliphatic carbocycles. The Bertz CT molecular complexity index is 745. The molecule has 1 aromatic carbocycles. The molecule has 0 spiro atoms. The first kappa shape index (κ1) is 24.9. The number of carbonyl (C=O) groups is 2. The van der Waals surface area contributed by atoms with Gasteiger partial charge in [0.1, 0.15) is 6.04 Å². The van der Waals surface area contributed by atoms with E-state index in [2.05, 4.69) is 22.0 Å². The first-order chi connectivity index (χ1) is 14.8. The van der Waals surface area contributed by atoms with Crippen molar-refractivity contribution >= 4 is 11.9 Å². The van der Waals surface area contributed by atoms with Crippen LogP contribution in [0.1, 0.15) is 31.4 Å². The highest BCUT2D eigenvalue weighted by Crippen LogP contribution is 2.31. The normalized spacial score (nSPS) is 16.1. The lowest BCUT2D eigenvalue weighted by atomic mass is 10.0. The average molecular weight is 436 g/mol. The second-order valence-corrected chi connectivity index (χ2v) is 8.46. The lowest BCUT2D eigenvalue weighted by Gasteiger charge is -2.34. The number of aryl methyl sites for hydroxylation is 1. The van der Waals surface area contributed by atoms with Crippen molar-refractivity contribution in [1.29, 1.82) is 0 Å². The molecule has 1 saturated heterocycles. The Kier molecular flexibility index (Phi) is 9.58. The number of methoxy groups -OCH3 is 3. The molecule has 1 heterocycles. The van der Waals surface area contributed by atoms with Gasteiger partial charge in [-0.1, -0.05) is 13.8 Å². The molecule has 1 N–H and O–H groups in total. The summed E-state index contributed by atoms with van der Waals surface area (Å²) in [5.41, 5.74) is 2.37. The number of benzene rings is 1. The number of carbonyl (C=O) groups excluding carboxylic acids is 2. The highest BCUT2D eigenvalue weighted by Gasteiger charge is 2.25. The van der Waals surface area contributed by atoms with Crippen molar-refractivity contribution in [1.82, 2.24) is 15.1 Å². The summed E-state index contributed by atoms with van der Waals surface area (Å²) in [6, 6.07) is 3.45. The van der Waals surface area contributed by atoms with Crippen molar-refractivity contribution in [2.75, 3.05) is 54.1 Å². The molecule has 1 aromatic rings. The van der Waals surface area contributed by atoms with Crippen molar-refractivity contribution in [3.63, 3.8) is 0 Å². The number of piperazine rings is 1. The maximum Gasteiger partial charge on any atom is 0.328 e. The van der Waals surface area contributed by atoms with E-state index in [9.17, 15) is 9.59 Å². The summed E-state index contributed by atoms with van der Waals surface area (Å²) in [7, 11) is 4.64. The summed E-state index contributed by atoms with van der Waals surface area (Å²) in [5.74, 6) is 1.23. The van der Waals surface area contributed by atoms with E-state index in [4.69, 9.17) is 14.2 Å². The number of hydrogen-bond acceptors (Lipinski definition) is 7. The summed E-state index contributed by atoms with van der Waals surface area (Å²) in [6.07, 6.45) is 0.566. The molecule has 0 bridgehead atoms. The Morgan fingerprint density at radius 2 is 1.58 bits per heavy atom. The van der Waals surface area contributed by atoms with E-state index in [0.717, 1.165) is 44.2 Å². The third-order valence-corrected chi connectivity index (χ3v) is 5.60. The molecule has 2 rings (SSSR count). The molecule has 1 amide bonds. The van der Waals surface area contributed by atoms with E-state index in [-0.39, 0.29) is 18.4 Å². The van der Waals surface area contributed by atoms with Gasteiger partial charge in [0, 0.05) is 32.7 Å². The largest absolute Gasteiger partial charge is 0.493 e. The summed E-state index contributed by atoms with van der Waals surface area (Å²) in [6.45, 7) is 10.6. The van der Waals surface area contributed by atoms with Gasteiger partial charge in [-0.05, 0) is 42.5 Å². The van der Waals surface area contributed by atoms with Crippen molar-refractivity contribution in [2.45, 2.75) is 39.8 Å². The minimum Gasteiger partial charge on any atom is -0.493 e. The maximum absolute atomic E-state index is 12.5. The number of nitrogens with zero attached hydrogens (tertiary/aromatic N) is 2. The van der Waals surface area contributed by atoms with Crippen LogP contribution in [0.3, 0.4) is 0 Å². The fourth-order valence-corrected chi connectivity index (χ4v) is 3.81. The standard InChI is InChI=1S/C23H37N3O5/c1-16(2)11-19(23(28)31-6)24-22(27)15-26-9-7-25(8-10-26)14-18-13-21(30-5)20(29-4)12-17(18)3/h12-13,16,19H,7-11,14-15H2,1-6H3,(H,24,27)/t19-/m1/s1. The van der Waals surface area contributed by atoms with Crippen LogP contribution >= 0.6 is 0 Å². The summed E-state index contributed by atoms with van der Waals surface area (Å²) >= 11 is 0. The molecule has 1 aliphatic rings. The summed E-state index contributed by atoms with van der Waals surface area (Å²) in [5, 5.41) is 2.83. The monoisotopic (exact) mass is 435 g/mol. The van der Waals surface area contributed by atoms with E-state index in [1.165, 1.54) is 18.2 Å². The van der Waals surface area contributed by atoms with Crippen molar-refractivity contribution in [2.24, 2.45) is 5.92 Å². The zero-order chi connectivity index (χ0) is 23.0. The average Bonchev–Trinajstić information content (AvgIpc) is 2.74. The number of ether oxygens (including phenoxy) is 3. The lowest BCUT2D eigenvalue weighted by Crippen LogP contribution is -2.51. The van der Waals surface area contributed by atoms with Crippen LogP contribution < -0.4 is 14.8 Å². The van der Waals surface area contributed by atoms with Gasteiger partial charge in [0.05, 0.1) is 27.9 Å². The number of nitrogens with one attached hydrogen (secondary N) is 1. The third-order valence-electron chi connectivity index (χ3n) is 5.60. The maximum atomic E-state index is 12.5. The SMILES string of the molecule is COC(=O)[C@@H](CC(C)C)NC(=O)CN1CCN(Cc2cc(OC)c(OC)cc2C)CC1. The Balaban J connectivity index is 1.86. The number of rotatable bonds is 10. The highest BCUT2D eigenvalue weighted by molar-refractivity contribution is 5.85. The molecule has 0 aromatic heterocycles. The Hall–Kier alpha value is -2.32. The second-order valence-electron chi connectivity index (χ2n) is 8.46. The molecular weight excluding hydrogens is 398 g/mol. The summed E-state index contributed by atoms with van der Waals surface area (Å²) < 4.78 is 15.6. The van der Waals surface area contributed by atoms with Gasteiger partial charge in [0.2, 0.25) is 5.91 Å². The molecule has 174 valence electrons. The Morgan fingerprint density at radius 3 is 2.13 bits per heavy atom. The van der Waals surface area contributed by atoms with Crippen LogP contribution in [0.15, 0.2) is 12.1 Å². The molecule has 31 heavy (non-hydrogen) atoms. The lowest BCUT2D eigenvalue weighted by molar-refractivity contribution is -0.145. The molecule has 0 saturated carbocycles. The van der Waals surface area contributed by atoms with Gasteiger partial charge in [0.25, 0.3) is 0 Å². The molecule has 8 heteroatoms. The van der Waals surface area contributed by atoms with Crippen LogP contribution in [0.2, 0.25) is 0 Å². The van der Waals surface area contributed by atoms with Crippen LogP contribution in [-0.4, -0.2) is 81.8 Å². The van der Waals surface area contributed by atoms with E-state index >= 15 is 0 Å². The van der Waals surface area contributed by atoms with Gasteiger partial charge < -0.3 is 19.5 Å². The smallest absolute Gasteiger partial charge is 0.328 e. The van der Waals surface area contributed by atoms with E-state index in [0.29, 0.717) is 6.42 Å². The molecule has 8 nitrogen and oxygen atoms in total. The predicted molar refractivity (Wildman–Crippen MR) is 119 cm³/mol. The summed E-state index contributed by atoms with van der Waals surface area (Å²) in [4.78, 5) is 28.9. The first-order valence-corrected chi connectivity index (χ1v) is 10.8. The molecule has 1 aliphatic heterocycles. The van der Waals surface area contributed by atoms with Crippen LogP contribution in [0, 0.1) is 12.8 Å². The number of amides is 1. The van der Waals surface area contributed by atoms with E-state index in [1.807, 2.05) is 26.0 Å². The van der Waals surface area contributed by atoms with Gasteiger partial charge in [-0.15, -0.1) is 0 Å². The topological polar surface area (TPSA) is 80.3 Å². The van der Waals surface area contributed by atoms with Crippen LogP contribution in [0.4, 0.5) is 0 Å². The van der Waals surface area contributed by atoms with Crippen LogP contribution in [0.5, 0.6) is 11.5 Å². The van der Waals surface area contributed by atoms with Crippen molar-refractivity contribution in [3.05, 3.63) is 23.3 Å². The fraction of sp³-hybridized carbons (Fsp3) is 0.652. The van der Waals surface area contributed by atoms with Crippen LogP contribution in [0.25, 0.3) is 0 Å². The van der Waals surface area contributed by atoms with Crippen molar-refractivity contribution in [3.8, 4) is 11.5 Å². The van der Waals surface area contributed by atoms with Gasteiger partial charge in [0.15, 0.2) is 11.5 Å². The van der Waals surface area contributed by atoms with Gasteiger partial charge in [-0.25, -0.2) is 4.79 Å². The van der Waals surface area contributed by atoms with Crippen molar-refractivity contribution < 1.29 is 23.8 Å². The van der Waals surface area contributed by atoms with Crippen LogP contribution in [-0.2, 0) is 20.9 Å². The quantitative estimate of drug-likeness (QED) is 0.562. The zero-order valence-electron chi connectivity index (χ0n) is 19.7. The minimum atomic E-state index is -0.591. The van der Waals surface area contributed by atoms with Gasteiger partial charge >= 0.3 is 5.97 Å². The highest BCUT2D eigenvalue weighted by atomic mass is 16.5. The predicted octanol–water partition coefficient (Wildman–Crippen LogP) is 1.83. The van der Waals surface area contributed by atoms with Gasteiger partial charge in [-0.3, -0.25) is 14.6 Å². The number of esters is 1. The van der Waals surface area contributed by atoms with E-state index in [1.54, 1.807) is 14.2 Å². The molecule has 1 fully saturated rings. The fourth-order valence-electron chi connectivity index (χ4n) is 3.81. The molecule has 1 atom stereocenters. The zero-order valence-corrected chi connectivity index (χ0v) is 19.7. The third kappa shape index (κ3) is 7.40. The van der Waals surface area contributed by atoms with Gasteiger partial charge in [-0.2, -0.15) is 0 Å². The molecular formula is C23H37N3O5.